The number of hydrogen-bond acceptors (Lipinski definition) is 1. The van der Waals surface area contributed by atoms with Gasteiger partial charge in [0.25, 0.3) is 0 Å². The van der Waals surface area contributed by atoms with Crippen LogP contribution in [0.3, 0.4) is 0 Å². The van der Waals surface area contributed by atoms with Gasteiger partial charge in [0.05, 0.1) is 10.2 Å². The lowest BCUT2D eigenvalue weighted by Gasteiger charge is -2.07. The quantitative estimate of drug-likeness (QED) is 0.479. The molecule has 2 heteroatoms. The summed E-state index contributed by atoms with van der Waals surface area (Å²) in [6, 6.07) is 8.19. The molecule has 16 heavy (non-hydrogen) atoms. The van der Waals surface area contributed by atoms with Crippen LogP contribution in [0.15, 0.2) is 24.3 Å². The van der Waals surface area contributed by atoms with Crippen LogP contribution in [0.25, 0.3) is 0 Å². The van der Waals surface area contributed by atoms with Gasteiger partial charge in [-0.15, -0.1) is 0 Å². The van der Waals surface area contributed by atoms with E-state index in [1.807, 2.05) is 18.2 Å². The predicted octanol–water partition coefficient (Wildman–Crippen LogP) is 5.03. The van der Waals surface area contributed by atoms with E-state index in [1.165, 1.54) is 42.1 Å². The van der Waals surface area contributed by atoms with Crippen LogP contribution >= 0.6 is 22.6 Å². The Kier molecular flexibility index (Phi) is 7.64. The van der Waals surface area contributed by atoms with Crippen molar-refractivity contribution >= 4 is 22.6 Å². The summed E-state index contributed by atoms with van der Waals surface area (Å²) in [6.07, 6.45) is 7.89. The van der Waals surface area contributed by atoms with Gasteiger partial charge in [0.1, 0.15) is 5.75 Å². The minimum absolute atomic E-state index is 0.853. The van der Waals surface area contributed by atoms with Crippen molar-refractivity contribution in [1.29, 1.82) is 0 Å². The molecule has 0 aliphatic rings. The molecule has 0 aliphatic heterocycles. The average molecular weight is 332 g/mol. The first-order valence-corrected chi connectivity index (χ1v) is 7.29. The third-order valence-electron chi connectivity index (χ3n) is 2.59. The molecule has 0 saturated carbocycles. The normalized spacial score (nSPS) is 10.4. The zero-order valence-electron chi connectivity index (χ0n) is 10.0. The van der Waals surface area contributed by atoms with Crippen LogP contribution in [-0.4, -0.2) is 6.61 Å². The fourth-order valence-corrected chi connectivity index (χ4v) is 2.17. The lowest BCUT2D eigenvalue weighted by molar-refractivity contribution is 0.302. The molecule has 0 amide bonds. The SMILES string of the molecule is CCCCCCCCOc1ccccc1I. The third kappa shape index (κ3) is 5.73. The number of hydrogen-bond donors (Lipinski definition) is 0. The molecule has 0 N–H and O–H groups in total. The lowest BCUT2D eigenvalue weighted by atomic mass is 10.1. The van der Waals surface area contributed by atoms with Crippen LogP contribution in [0.2, 0.25) is 0 Å². The van der Waals surface area contributed by atoms with Gasteiger partial charge < -0.3 is 4.74 Å². The Bertz CT molecular complexity index is 286. The summed E-state index contributed by atoms with van der Waals surface area (Å²) < 4.78 is 6.94. The molecule has 0 atom stereocenters. The second-order valence-corrected chi connectivity index (χ2v) is 5.21. The van der Waals surface area contributed by atoms with Crippen molar-refractivity contribution in [2.75, 3.05) is 6.61 Å². The molecular weight excluding hydrogens is 311 g/mol. The minimum atomic E-state index is 0.853. The number of benzene rings is 1. The summed E-state index contributed by atoms with van der Waals surface area (Å²) in [7, 11) is 0. The molecule has 0 spiro atoms. The Morgan fingerprint density at radius 1 is 1.00 bits per heavy atom. The van der Waals surface area contributed by atoms with Gasteiger partial charge in [0, 0.05) is 0 Å². The number of ether oxygens (including phenoxy) is 1. The minimum Gasteiger partial charge on any atom is -0.492 e. The molecule has 0 saturated heterocycles. The number of unbranched alkanes of at least 4 members (excludes halogenated alkanes) is 5. The van der Waals surface area contributed by atoms with E-state index in [1.54, 1.807) is 0 Å². The lowest BCUT2D eigenvalue weighted by Crippen LogP contribution is -1.98. The van der Waals surface area contributed by atoms with E-state index in [-0.39, 0.29) is 0 Å². The van der Waals surface area contributed by atoms with E-state index < -0.39 is 0 Å². The molecule has 1 aromatic carbocycles. The molecule has 0 heterocycles. The highest BCUT2D eigenvalue weighted by atomic mass is 127. The molecule has 1 rings (SSSR count). The second-order valence-electron chi connectivity index (χ2n) is 4.05. The van der Waals surface area contributed by atoms with Crippen LogP contribution in [0.1, 0.15) is 45.4 Å². The van der Waals surface area contributed by atoms with Gasteiger partial charge in [-0.3, -0.25) is 0 Å². The van der Waals surface area contributed by atoms with E-state index in [0.29, 0.717) is 0 Å². The van der Waals surface area contributed by atoms with Gasteiger partial charge in [0.2, 0.25) is 0 Å². The maximum absolute atomic E-state index is 5.74. The van der Waals surface area contributed by atoms with Crippen molar-refractivity contribution in [3.8, 4) is 5.75 Å². The molecule has 1 nitrogen and oxygen atoms in total. The topological polar surface area (TPSA) is 9.23 Å². The molecule has 0 aliphatic carbocycles. The molecule has 90 valence electrons. The predicted molar refractivity (Wildman–Crippen MR) is 78.0 cm³/mol. The Balaban J connectivity index is 2.05. The van der Waals surface area contributed by atoms with E-state index in [9.17, 15) is 0 Å². The van der Waals surface area contributed by atoms with Gasteiger partial charge in [-0.05, 0) is 41.1 Å². The van der Waals surface area contributed by atoms with Crippen LogP contribution < -0.4 is 4.74 Å². The third-order valence-corrected chi connectivity index (χ3v) is 3.48. The Hall–Kier alpha value is -0.250. The average Bonchev–Trinajstić information content (AvgIpc) is 2.30. The Morgan fingerprint density at radius 3 is 2.44 bits per heavy atom. The standard InChI is InChI=1S/C14H21IO/c1-2-3-4-5-6-9-12-16-14-11-8-7-10-13(14)15/h7-8,10-11H,2-6,9,12H2,1H3. The van der Waals surface area contributed by atoms with Crippen LogP contribution in [0.5, 0.6) is 5.75 Å². The maximum Gasteiger partial charge on any atom is 0.132 e. The molecule has 0 bridgehead atoms. The molecule has 0 aromatic heterocycles. The Labute approximate surface area is 113 Å². The van der Waals surface area contributed by atoms with Gasteiger partial charge in [-0.2, -0.15) is 0 Å². The molecular formula is C14H21IO. The molecule has 0 fully saturated rings. The molecule has 0 unspecified atom stereocenters. The number of halogens is 1. The molecule has 1 aromatic rings. The first-order chi connectivity index (χ1) is 7.84. The van der Waals surface area contributed by atoms with E-state index in [0.717, 1.165) is 12.4 Å². The van der Waals surface area contributed by atoms with Gasteiger partial charge in [-0.25, -0.2) is 0 Å². The van der Waals surface area contributed by atoms with Crippen LogP contribution in [0.4, 0.5) is 0 Å². The summed E-state index contributed by atoms with van der Waals surface area (Å²) in [5, 5.41) is 0. The van der Waals surface area contributed by atoms with Crippen LogP contribution in [0, 0.1) is 3.57 Å². The van der Waals surface area contributed by atoms with Gasteiger partial charge >= 0.3 is 0 Å². The smallest absolute Gasteiger partial charge is 0.132 e. The summed E-state index contributed by atoms with van der Waals surface area (Å²) >= 11 is 2.31. The van der Waals surface area contributed by atoms with E-state index in [4.69, 9.17) is 4.74 Å². The number of rotatable bonds is 8. The van der Waals surface area contributed by atoms with Crippen molar-refractivity contribution in [3.05, 3.63) is 27.8 Å². The van der Waals surface area contributed by atoms with Crippen LogP contribution in [-0.2, 0) is 0 Å². The van der Waals surface area contributed by atoms with Crippen molar-refractivity contribution in [2.45, 2.75) is 45.4 Å². The van der Waals surface area contributed by atoms with Gasteiger partial charge in [-0.1, -0.05) is 51.2 Å². The number of para-hydroxylation sites is 1. The fourth-order valence-electron chi connectivity index (χ4n) is 1.63. The largest absolute Gasteiger partial charge is 0.492 e. The second kappa shape index (κ2) is 8.85. The van der Waals surface area contributed by atoms with Crippen molar-refractivity contribution in [2.24, 2.45) is 0 Å². The van der Waals surface area contributed by atoms with E-state index >= 15 is 0 Å². The summed E-state index contributed by atoms with van der Waals surface area (Å²) in [5.41, 5.74) is 0. The highest BCUT2D eigenvalue weighted by molar-refractivity contribution is 14.1. The zero-order valence-corrected chi connectivity index (χ0v) is 12.2. The van der Waals surface area contributed by atoms with Crippen molar-refractivity contribution < 1.29 is 4.74 Å². The van der Waals surface area contributed by atoms with Crippen molar-refractivity contribution in [3.63, 3.8) is 0 Å². The molecule has 0 radical (unpaired) electrons. The first-order valence-electron chi connectivity index (χ1n) is 6.22. The van der Waals surface area contributed by atoms with E-state index in [2.05, 4.69) is 35.6 Å². The summed E-state index contributed by atoms with van der Waals surface area (Å²) in [4.78, 5) is 0. The zero-order chi connectivity index (χ0) is 11.6. The highest BCUT2D eigenvalue weighted by Gasteiger charge is 1.98. The first kappa shape index (κ1) is 13.8. The monoisotopic (exact) mass is 332 g/mol. The Morgan fingerprint density at radius 2 is 1.69 bits per heavy atom. The van der Waals surface area contributed by atoms with Crippen molar-refractivity contribution in [1.82, 2.24) is 0 Å². The fraction of sp³-hybridized carbons (Fsp3) is 0.571. The maximum atomic E-state index is 5.74. The summed E-state index contributed by atoms with van der Waals surface area (Å²) in [5.74, 6) is 1.02. The highest BCUT2D eigenvalue weighted by Crippen LogP contribution is 2.19. The van der Waals surface area contributed by atoms with Gasteiger partial charge in [0.15, 0.2) is 0 Å². The summed E-state index contributed by atoms with van der Waals surface area (Å²) in [6.45, 7) is 3.10.